The van der Waals surface area contributed by atoms with Gasteiger partial charge in [-0.1, -0.05) is 24.8 Å². The third kappa shape index (κ3) is 5.08. The predicted octanol–water partition coefficient (Wildman–Crippen LogP) is 3.45. The van der Waals surface area contributed by atoms with E-state index >= 15 is 0 Å². The van der Waals surface area contributed by atoms with Crippen LogP contribution in [0.5, 0.6) is 5.75 Å². The van der Waals surface area contributed by atoms with Crippen molar-refractivity contribution in [2.24, 2.45) is 0 Å². The van der Waals surface area contributed by atoms with E-state index in [9.17, 15) is 14.7 Å². The SMILES string of the molecule is C=CCOc1cccc([C@H]2C(C(=O)c3ccc(C)o3)=C(O)C(=O)N2CCCN2CCOCC2)c1. The van der Waals surface area contributed by atoms with Gasteiger partial charge in [0.05, 0.1) is 24.8 Å². The van der Waals surface area contributed by atoms with E-state index in [4.69, 9.17) is 13.9 Å². The summed E-state index contributed by atoms with van der Waals surface area (Å²) in [4.78, 5) is 30.3. The molecule has 1 aromatic carbocycles. The summed E-state index contributed by atoms with van der Waals surface area (Å²) < 4.78 is 16.6. The summed E-state index contributed by atoms with van der Waals surface area (Å²) in [6.07, 6.45) is 2.34. The van der Waals surface area contributed by atoms with Crippen molar-refractivity contribution in [2.45, 2.75) is 19.4 Å². The van der Waals surface area contributed by atoms with Crippen molar-refractivity contribution >= 4 is 11.7 Å². The molecular formula is C26H30N2O6. The number of hydrogen-bond acceptors (Lipinski definition) is 7. The van der Waals surface area contributed by atoms with Crippen LogP contribution in [-0.2, 0) is 9.53 Å². The highest BCUT2D eigenvalue weighted by molar-refractivity contribution is 6.15. The van der Waals surface area contributed by atoms with Crippen LogP contribution >= 0.6 is 0 Å². The van der Waals surface area contributed by atoms with E-state index in [1.165, 1.54) is 0 Å². The zero-order valence-electron chi connectivity index (χ0n) is 19.4. The lowest BCUT2D eigenvalue weighted by molar-refractivity contribution is -0.129. The molecule has 2 aromatic rings. The second-order valence-corrected chi connectivity index (χ2v) is 8.38. The molecule has 2 aliphatic heterocycles. The lowest BCUT2D eigenvalue weighted by atomic mass is 9.95. The van der Waals surface area contributed by atoms with Gasteiger partial charge >= 0.3 is 0 Å². The number of carbonyl (C=O) groups excluding carboxylic acids is 2. The number of aliphatic hydroxyl groups excluding tert-OH is 1. The first-order chi connectivity index (χ1) is 16.5. The van der Waals surface area contributed by atoms with Crippen LogP contribution in [0.4, 0.5) is 0 Å². The van der Waals surface area contributed by atoms with E-state index in [1.54, 1.807) is 48.2 Å². The van der Waals surface area contributed by atoms with Crippen molar-refractivity contribution in [3.05, 3.63) is 77.5 Å². The number of nitrogens with zero attached hydrogens (tertiary/aromatic N) is 2. The van der Waals surface area contributed by atoms with Gasteiger partial charge in [-0.2, -0.15) is 0 Å². The Balaban J connectivity index is 1.63. The molecule has 1 amide bonds. The van der Waals surface area contributed by atoms with Crippen LogP contribution in [0.15, 0.2) is 64.8 Å². The zero-order valence-corrected chi connectivity index (χ0v) is 19.4. The van der Waals surface area contributed by atoms with Crippen molar-refractivity contribution < 1.29 is 28.6 Å². The molecule has 0 radical (unpaired) electrons. The number of morpholine rings is 1. The Morgan fingerprint density at radius 3 is 2.74 bits per heavy atom. The Morgan fingerprint density at radius 1 is 1.24 bits per heavy atom. The number of benzene rings is 1. The number of aryl methyl sites for hydroxylation is 1. The standard InChI is InChI=1S/C26H30N2O6/c1-3-14-33-20-7-4-6-19(17-20)23-22(24(29)21-9-8-18(2)34-21)25(30)26(31)28(23)11-5-10-27-12-15-32-16-13-27/h3-4,6-9,17,23,30H,1,5,10-16H2,2H3/t23-/m0/s1. The fourth-order valence-electron chi connectivity index (χ4n) is 4.37. The number of Topliss-reactive ketones (excluding diaryl/α,β-unsaturated/α-hetero) is 1. The second-order valence-electron chi connectivity index (χ2n) is 8.38. The van der Waals surface area contributed by atoms with Gasteiger partial charge in [-0.15, -0.1) is 0 Å². The fourth-order valence-corrected chi connectivity index (χ4v) is 4.37. The summed E-state index contributed by atoms with van der Waals surface area (Å²) >= 11 is 0. The molecule has 3 heterocycles. The maximum atomic E-state index is 13.4. The van der Waals surface area contributed by atoms with Gasteiger partial charge in [-0.05, 0) is 43.2 Å². The molecule has 4 rings (SSSR count). The molecule has 1 atom stereocenters. The van der Waals surface area contributed by atoms with Crippen molar-refractivity contribution in [1.82, 2.24) is 9.80 Å². The molecule has 0 spiro atoms. The minimum atomic E-state index is -0.748. The molecular weight excluding hydrogens is 436 g/mol. The zero-order chi connectivity index (χ0) is 24.1. The minimum Gasteiger partial charge on any atom is -0.503 e. The van der Waals surface area contributed by atoms with Gasteiger partial charge in [0.1, 0.15) is 18.1 Å². The highest BCUT2D eigenvalue weighted by atomic mass is 16.5. The number of carbonyl (C=O) groups is 2. The summed E-state index contributed by atoms with van der Waals surface area (Å²) in [6, 6.07) is 9.71. The number of furan rings is 1. The Kier molecular flexibility index (Phi) is 7.49. The first kappa shape index (κ1) is 23.8. The lowest BCUT2D eigenvalue weighted by Gasteiger charge is -2.30. The van der Waals surface area contributed by atoms with E-state index in [-0.39, 0.29) is 11.3 Å². The number of ketones is 1. The van der Waals surface area contributed by atoms with E-state index in [0.717, 1.165) is 19.6 Å². The van der Waals surface area contributed by atoms with Crippen molar-refractivity contribution in [3.63, 3.8) is 0 Å². The third-order valence-corrected chi connectivity index (χ3v) is 6.03. The average molecular weight is 467 g/mol. The Morgan fingerprint density at radius 2 is 2.03 bits per heavy atom. The Labute approximate surface area is 199 Å². The fraction of sp³-hybridized carbons (Fsp3) is 0.385. The molecule has 1 N–H and O–H groups in total. The summed E-state index contributed by atoms with van der Waals surface area (Å²) in [7, 11) is 0. The molecule has 8 heteroatoms. The Bertz CT molecular complexity index is 1080. The van der Waals surface area contributed by atoms with Crippen molar-refractivity contribution in [1.29, 1.82) is 0 Å². The van der Waals surface area contributed by atoms with Crippen molar-refractivity contribution in [3.8, 4) is 5.75 Å². The lowest BCUT2D eigenvalue weighted by Crippen LogP contribution is -2.39. The second kappa shape index (κ2) is 10.7. The number of amides is 1. The molecule has 0 bridgehead atoms. The maximum Gasteiger partial charge on any atom is 0.290 e. The van der Waals surface area contributed by atoms with Gasteiger partial charge in [0.25, 0.3) is 5.91 Å². The van der Waals surface area contributed by atoms with Gasteiger partial charge in [0, 0.05) is 26.2 Å². The van der Waals surface area contributed by atoms with Gasteiger partial charge in [-0.25, -0.2) is 0 Å². The van der Waals surface area contributed by atoms with Crippen LogP contribution in [0.1, 0.15) is 34.3 Å². The van der Waals surface area contributed by atoms with E-state index < -0.39 is 23.5 Å². The summed E-state index contributed by atoms with van der Waals surface area (Å²) in [6.45, 7) is 10.0. The molecule has 1 fully saturated rings. The topological polar surface area (TPSA) is 92.5 Å². The smallest absolute Gasteiger partial charge is 0.290 e. The number of aliphatic hydroxyl groups is 1. The first-order valence-corrected chi connectivity index (χ1v) is 11.5. The quantitative estimate of drug-likeness (QED) is 0.423. The van der Waals surface area contributed by atoms with Gasteiger partial charge in [0.15, 0.2) is 11.5 Å². The molecule has 1 aromatic heterocycles. The molecule has 1 saturated heterocycles. The molecule has 180 valence electrons. The van der Waals surface area contributed by atoms with E-state index in [2.05, 4.69) is 11.5 Å². The number of ether oxygens (including phenoxy) is 2. The number of hydrogen-bond donors (Lipinski definition) is 1. The van der Waals surface area contributed by atoms with Crippen LogP contribution in [0.2, 0.25) is 0 Å². The van der Waals surface area contributed by atoms with E-state index in [0.29, 0.717) is 49.9 Å². The van der Waals surface area contributed by atoms with Crippen LogP contribution in [0.3, 0.4) is 0 Å². The largest absolute Gasteiger partial charge is 0.503 e. The average Bonchev–Trinajstić information content (AvgIpc) is 3.40. The van der Waals surface area contributed by atoms with Gasteiger partial charge < -0.3 is 23.9 Å². The van der Waals surface area contributed by atoms with Crippen LogP contribution in [0.25, 0.3) is 0 Å². The molecule has 0 aliphatic carbocycles. The van der Waals surface area contributed by atoms with E-state index in [1.807, 2.05) is 6.07 Å². The normalized spacial score (nSPS) is 19.0. The molecule has 0 unspecified atom stereocenters. The maximum absolute atomic E-state index is 13.4. The minimum absolute atomic E-state index is 0.0200. The van der Waals surface area contributed by atoms with Crippen molar-refractivity contribution in [2.75, 3.05) is 46.0 Å². The van der Waals surface area contributed by atoms with Gasteiger partial charge in [0.2, 0.25) is 5.78 Å². The highest BCUT2D eigenvalue weighted by Gasteiger charge is 2.44. The van der Waals surface area contributed by atoms with Crippen LogP contribution in [-0.4, -0.2) is 72.6 Å². The molecule has 34 heavy (non-hydrogen) atoms. The summed E-state index contributed by atoms with van der Waals surface area (Å²) in [5.74, 6) is -0.344. The van der Waals surface area contributed by atoms with Gasteiger partial charge in [-0.3, -0.25) is 14.5 Å². The summed E-state index contributed by atoms with van der Waals surface area (Å²) in [5.41, 5.74) is 0.698. The Hall–Kier alpha value is -3.36. The molecule has 8 nitrogen and oxygen atoms in total. The predicted molar refractivity (Wildman–Crippen MR) is 126 cm³/mol. The molecule has 0 saturated carbocycles. The highest BCUT2D eigenvalue weighted by Crippen LogP contribution is 2.40. The monoisotopic (exact) mass is 466 g/mol. The summed E-state index contributed by atoms with van der Waals surface area (Å²) in [5, 5.41) is 10.8. The van der Waals surface area contributed by atoms with Crippen LogP contribution < -0.4 is 4.74 Å². The third-order valence-electron chi connectivity index (χ3n) is 6.03. The first-order valence-electron chi connectivity index (χ1n) is 11.5. The van der Waals surface area contributed by atoms with Crippen LogP contribution in [0, 0.1) is 6.92 Å². The number of rotatable bonds is 10. The molecule has 2 aliphatic rings.